The van der Waals surface area contributed by atoms with E-state index in [1.54, 1.807) is 30.3 Å². The fourth-order valence-corrected chi connectivity index (χ4v) is 2.65. The van der Waals surface area contributed by atoms with Crippen LogP contribution in [0.5, 0.6) is 0 Å². The van der Waals surface area contributed by atoms with Crippen LogP contribution in [0, 0.1) is 0 Å². The Bertz CT molecular complexity index is 621. The number of esters is 1. The van der Waals surface area contributed by atoms with E-state index < -0.39 is 42.5 Å². The third-order valence-corrected chi connectivity index (χ3v) is 3.86. The van der Waals surface area contributed by atoms with Crippen molar-refractivity contribution < 1.29 is 34.0 Å². The van der Waals surface area contributed by atoms with Gasteiger partial charge in [-0.3, -0.25) is 4.79 Å². The molecule has 8 heteroatoms. The molecule has 5 atom stereocenters. The summed E-state index contributed by atoms with van der Waals surface area (Å²) in [6, 6.07) is 7.39. The summed E-state index contributed by atoms with van der Waals surface area (Å²) >= 11 is 0. The average molecular weight is 365 g/mol. The SMILES string of the molecule is C=CCO[C@@H]1[C@H](O)[C@@H](COC(=O)c2ccccc2)O[C@@H](O)[C@@H]1NC(C)=O. The number of amides is 1. The molecular weight excluding hydrogens is 342 g/mol. The standard InChI is InChI=1S/C18H23NO7/c1-3-9-24-16-14(19-11(2)20)18(23)26-13(15(16)21)10-25-17(22)12-7-5-4-6-8-12/h3-8,13-16,18,21,23H,1,9-10H2,2H3,(H,19,20)/t13-,14-,15-,16+,18-/m1/s1. The Labute approximate surface area is 151 Å². The Morgan fingerprint density at radius 2 is 2.00 bits per heavy atom. The fourth-order valence-electron chi connectivity index (χ4n) is 2.65. The van der Waals surface area contributed by atoms with Gasteiger partial charge in [0.25, 0.3) is 0 Å². The zero-order valence-electron chi connectivity index (χ0n) is 14.4. The number of aliphatic hydroxyl groups is 2. The third-order valence-electron chi connectivity index (χ3n) is 3.86. The van der Waals surface area contributed by atoms with Crippen molar-refractivity contribution in [2.24, 2.45) is 0 Å². The Morgan fingerprint density at radius 1 is 1.31 bits per heavy atom. The van der Waals surface area contributed by atoms with E-state index in [9.17, 15) is 19.8 Å². The molecule has 1 amide bonds. The second-order valence-corrected chi connectivity index (χ2v) is 5.83. The topological polar surface area (TPSA) is 114 Å². The Balaban J connectivity index is 2.03. The lowest BCUT2D eigenvalue weighted by atomic mass is 9.96. The number of hydrogen-bond acceptors (Lipinski definition) is 7. The third kappa shape index (κ3) is 5.12. The van der Waals surface area contributed by atoms with Crippen LogP contribution >= 0.6 is 0 Å². The van der Waals surface area contributed by atoms with Gasteiger partial charge in [-0.15, -0.1) is 6.58 Å². The molecule has 0 aliphatic carbocycles. The van der Waals surface area contributed by atoms with Crippen molar-refractivity contribution in [1.82, 2.24) is 5.32 Å². The molecule has 1 fully saturated rings. The molecule has 3 N–H and O–H groups in total. The highest BCUT2D eigenvalue weighted by Gasteiger charge is 2.46. The first-order chi connectivity index (χ1) is 12.4. The van der Waals surface area contributed by atoms with Gasteiger partial charge in [0, 0.05) is 6.92 Å². The monoisotopic (exact) mass is 365 g/mol. The first kappa shape index (κ1) is 20.1. The summed E-state index contributed by atoms with van der Waals surface area (Å²) in [5, 5.41) is 23.2. The fraction of sp³-hybridized carbons (Fsp3) is 0.444. The molecule has 0 spiro atoms. The van der Waals surface area contributed by atoms with Crippen LogP contribution in [0.2, 0.25) is 0 Å². The largest absolute Gasteiger partial charge is 0.459 e. The molecule has 26 heavy (non-hydrogen) atoms. The van der Waals surface area contributed by atoms with Gasteiger partial charge in [0.05, 0.1) is 12.2 Å². The molecule has 0 unspecified atom stereocenters. The van der Waals surface area contributed by atoms with Crippen LogP contribution in [0.3, 0.4) is 0 Å². The van der Waals surface area contributed by atoms with Crippen LogP contribution in [0.15, 0.2) is 43.0 Å². The summed E-state index contributed by atoms with van der Waals surface area (Å²) in [5.41, 5.74) is 0.355. The number of hydrogen-bond donors (Lipinski definition) is 3. The molecule has 0 saturated carbocycles. The second-order valence-electron chi connectivity index (χ2n) is 5.83. The molecule has 1 aliphatic heterocycles. The summed E-state index contributed by atoms with van der Waals surface area (Å²) in [6.07, 6.45) is -3.17. The van der Waals surface area contributed by atoms with Crippen molar-refractivity contribution in [3.8, 4) is 0 Å². The van der Waals surface area contributed by atoms with Crippen LogP contribution < -0.4 is 5.32 Å². The van der Waals surface area contributed by atoms with Gasteiger partial charge in [0.2, 0.25) is 5.91 Å². The Morgan fingerprint density at radius 3 is 2.62 bits per heavy atom. The highest BCUT2D eigenvalue weighted by molar-refractivity contribution is 5.89. The summed E-state index contributed by atoms with van der Waals surface area (Å²) in [7, 11) is 0. The van der Waals surface area contributed by atoms with Gasteiger partial charge in [-0.2, -0.15) is 0 Å². The number of aliphatic hydroxyl groups excluding tert-OH is 2. The number of benzene rings is 1. The smallest absolute Gasteiger partial charge is 0.338 e. The molecule has 1 heterocycles. The maximum absolute atomic E-state index is 12.0. The summed E-state index contributed by atoms with van der Waals surface area (Å²) in [4.78, 5) is 23.3. The Kier molecular flexibility index (Phi) is 7.28. The summed E-state index contributed by atoms with van der Waals surface area (Å²) in [5.74, 6) is -0.991. The van der Waals surface area contributed by atoms with E-state index in [0.29, 0.717) is 5.56 Å². The summed E-state index contributed by atoms with van der Waals surface area (Å²) in [6.45, 7) is 4.62. The maximum atomic E-state index is 12.0. The first-order valence-corrected chi connectivity index (χ1v) is 8.17. The van der Waals surface area contributed by atoms with Crippen LogP contribution in [-0.2, 0) is 19.0 Å². The number of rotatable bonds is 7. The zero-order valence-corrected chi connectivity index (χ0v) is 14.4. The molecule has 8 nitrogen and oxygen atoms in total. The second kappa shape index (κ2) is 9.44. The molecule has 142 valence electrons. The van der Waals surface area contributed by atoms with Crippen molar-refractivity contribution in [3.05, 3.63) is 48.6 Å². The molecular formula is C18H23NO7. The molecule has 0 aromatic heterocycles. The van der Waals surface area contributed by atoms with E-state index in [2.05, 4.69) is 11.9 Å². The number of carbonyl (C=O) groups excluding carboxylic acids is 2. The first-order valence-electron chi connectivity index (χ1n) is 8.17. The molecule has 1 aromatic rings. The number of nitrogens with one attached hydrogen (secondary N) is 1. The van der Waals surface area contributed by atoms with Crippen LogP contribution in [0.4, 0.5) is 0 Å². The van der Waals surface area contributed by atoms with Gasteiger partial charge in [0.1, 0.15) is 31.0 Å². The van der Waals surface area contributed by atoms with Crippen molar-refractivity contribution in [1.29, 1.82) is 0 Å². The van der Waals surface area contributed by atoms with E-state index >= 15 is 0 Å². The van der Waals surface area contributed by atoms with Crippen LogP contribution in [0.25, 0.3) is 0 Å². The lowest BCUT2D eigenvalue weighted by Crippen LogP contribution is -2.64. The van der Waals surface area contributed by atoms with Gasteiger partial charge >= 0.3 is 5.97 Å². The Hall–Kier alpha value is -2.26. The minimum Gasteiger partial charge on any atom is -0.459 e. The molecule has 1 aromatic carbocycles. The quantitative estimate of drug-likeness (QED) is 0.460. The highest BCUT2D eigenvalue weighted by atomic mass is 16.6. The molecule has 1 aliphatic rings. The van der Waals surface area contributed by atoms with Crippen molar-refractivity contribution in [2.75, 3.05) is 13.2 Å². The van der Waals surface area contributed by atoms with E-state index in [1.165, 1.54) is 13.0 Å². The van der Waals surface area contributed by atoms with Crippen molar-refractivity contribution >= 4 is 11.9 Å². The van der Waals surface area contributed by atoms with Gasteiger partial charge in [-0.05, 0) is 12.1 Å². The minimum absolute atomic E-state index is 0.0983. The van der Waals surface area contributed by atoms with E-state index in [1.807, 2.05) is 0 Å². The number of carbonyl (C=O) groups is 2. The maximum Gasteiger partial charge on any atom is 0.338 e. The molecule has 2 rings (SSSR count). The lowest BCUT2D eigenvalue weighted by molar-refractivity contribution is -0.260. The van der Waals surface area contributed by atoms with Gasteiger partial charge in [-0.25, -0.2) is 4.79 Å². The molecule has 0 bridgehead atoms. The number of ether oxygens (including phenoxy) is 3. The van der Waals surface area contributed by atoms with E-state index in [0.717, 1.165) is 0 Å². The zero-order chi connectivity index (χ0) is 19.1. The average Bonchev–Trinajstić information content (AvgIpc) is 2.63. The lowest BCUT2D eigenvalue weighted by Gasteiger charge is -2.42. The van der Waals surface area contributed by atoms with Crippen molar-refractivity contribution in [3.63, 3.8) is 0 Å². The van der Waals surface area contributed by atoms with Gasteiger partial charge in [-0.1, -0.05) is 24.3 Å². The normalized spacial score (nSPS) is 28.2. The summed E-state index contributed by atoms with van der Waals surface area (Å²) < 4.78 is 16.0. The highest BCUT2D eigenvalue weighted by Crippen LogP contribution is 2.23. The molecule has 1 saturated heterocycles. The minimum atomic E-state index is -1.43. The molecule has 0 radical (unpaired) electrons. The van der Waals surface area contributed by atoms with E-state index in [4.69, 9.17) is 14.2 Å². The van der Waals surface area contributed by atoms with Gasteiger partial charge in [0.15, 0.2) is 6.29 Å². The van der Waals surface area contributed by atoms with Crippen molar-refractivity contribution in [2.45, 2.75) is 37.6 Å². The van der Waals surface area contributed by atoms with E-state index in [-0.39, 0.29) is 13.2 Å². The van der Waals surface area contributed by atoms with Crippen LogP contribution in [-0.4, -0.2) is 65.9 Å². The van der Waals surface area contributed by atoms with Gasteiger partial charge < -0.3 is 29.7 Å². The predicted molar refractivity (Wildman–Crippen MR) is 91.2 cm³/mol. The predicted octanol–water partition coefficient (Wildman–Crippen LogP) is -0.00260. The van der Waals surface area contributed by atoms with Crippen LogP contribution in [0.1, 0.15) is 17.3 Å².